The van der Waals surface area contributed by atoms with Gasteiger partial charge in [-0.05, 0) is 6.92 Å². The lowest BCUT2D eigenvalue weighted by atomic mass is 10.1. The van der Waals surface area contributed by atoms with Crippen LogP contribution in [0.15, 0.2) is 0 Å². The summed E-state index contributed by atoms with van der Waals surface area (Å²) >= 11 is 0. The summed E-state index contributed by atoms with van der Waals surface area (Å²) in [4.78, 5) is 12.5. The Morgan fingerprint density at radius 3 is 3.00 bits per heavy atom. The highest BCUT2D eigenvalue weighted by Crippen LogP contribution is 2.10. The van der Waals surface area contributed by atoms with Gasteiger partial charge in [0.15, 0.2) is 0 Å². The summed E-state index contributed by atoms with van der Waals surface area (Å²) in [6, 6.07) is -0.101. The van der Waals surface area contributed by atoms with Crippen LogP contribution in [0.2, 0.25) is 0 Å². The molecule has 1 saturated heterocycles. The monoisotopic (exact) mass is 203 g/mol. The first-order chi connectivity index (χ1) is 6.59. The van der Waals surface area contributed by atoms with E-state index in [2.05, 4.69) is 0 Å². The standard InChI is InChI=1S/C9H17NO4/c1-7(11)5-10-2-3-14-6-8(10)4-9(12)13/h7-8,11H,2-6H2,1H3,(H,12,13). The van der Waals surface area contributed by atoms with Crippen molar-refractivity contribution in [2.24, 2.45) is 0 Å². The number of ether oxygens (including phenoxy) is 1. The summed E-state index contributed by atoms with van der Waals surface area (Å²) in [5, 5.41) is 17.9. The van der Waals surface area contributed by atoms with Crippen LogP contribution in [0.3, 0.4) is 0 Å². The predicted octanol–water partition coefficient (Wildman–Crippen LogP) is -0.457. The Bertz CT molecular complexity index is 195. The van der Waals surface area contributed by atoms with Gasteiger partial charge in [-0.1, -0.05) is 0 Å². The van der Waals surface area contributed by atoms with Gasteiger partial charge in [0.05, 0.1) is 25.7 Å². The largest absolute Gasteiger partial charge is 0.481 e. The van der Waals surface area contributed by atoms with Gasteiger partial charge in [0.25, 0.3) is 0 Å². The van der Waals surface area contributed by atoms with Crippen molar-refractivity contribution < 1.29 is 19.7 Å². The summed E-state index contributed by atoms with van der Waals surface area (Å²) < 4.78 is 5.21. The molecule has 2 N–H and O–H groups in total. The second-order valence-corrected chi connectivity index (χ2v) is 3.67. The number of carboxylic acids is 1. The van der Waals surface area contributed by atoms with Crippen LogP contribution in [0.1, 0.15) is 13.3 Å². The summed E-state index contributed by atoms with van der Waals surface area (Å²) in [6.45, 7) is 3.97. The van der Waals surface area contributed by atoms with E-state index < -0.39 is 12.1 Å². The Morgan fingerprint density at radius 1 is 1.71 bits per heavy atom. The number of morpholine rings is 1. The Labute approximate surface area is 83.3 Å². The van der Waals surface area contributed by atoms with E-state index in [0.717, 1.165) is 0 Å². The second kappa shape index (κ2) is 5.29. The second-order valence-electron chi connectivity index (χ2n) is 3.67. The lowest BCUT2D eigenvalue weighted by Gasteiger charge is -2.35. The summed E-state index contributed by atoms with van der Waals surface area (Å²) in [5.74, 6) is -0.823. The third-order valence-electron chi connectivity index (χ3n) is 2.26. The van der Waals surface area contributed by atoms with E-state index in [1.807, 2.05) is 4.90 Å². The van der Waals surface area contributed by atoms with E-state index in [1.165, 1.54) is 0 Å². The molecule has 5 heteroatoms. The fraction of sp³-hybridized carbons (Fsp3) is 0.889. The molecule has 0 amide bonds. The van der Waals surface area contributed by atoms with E-state index in [1.54, 1.807) is 6.92 Å². The average Bonchev–Trinajstić information content (AvgIpc) is 2.06. The fourth-order valence-electron chi connectivity index (χ4n) is 1.66. The van der Waals surface area contributed by atoms with Gasteiger partial charge in [0.2, 0.25) is 0 Å². The van der Waals surface area contributed by atoms with Gasteiger partial charge in [0, 0.05) is 19.1 Å². The molecule has 2 unspecified atom stereocenters. The van der Waals surface area contributed by atoms with Crippen molar-refractivity contribution in [3.05, 3.63) is 0 Å². The summed E-state index contributed by atoms with van der Waals surface area (Å²) in [7, 11) is 0. The molecule has 0 saturated carbocycles. The maximum atomic E-state index is 10.6. The smallest absolute Gasteiger partial charge is 0.305 e. The van der Waals surface area contributed by atoms with Gasteiger partial charge in [-0.2, -0.15) is 0 Å². The quantitative estimate of drug-likeness (QED) is 0.647. The lowest BCUT2D eigenvalue weighted by molar-refractivity contribution is -0.140. The molecule has 1 rings (SSSR count). The molecule has 0 aliphatic carbocycles. The zero-order valence-electron chi connectivity index (χ0n) is 8.35. The first kappa shape index (κ1) is 11.4. The maximum absolute atomic E-state index is 10.6. The van der Waals surface area contributed by atoms with Crippen molar-refractivity contribution in [2.45, 2.75) is 25.5 Å². The van der Waals surface area contributed by atoms with Gasteiger partial charge >= 0.3 is 5.97 Å². The number of nitrogens with zero attached hydrogens (tertiary/aromatic N) is 1. The fourth-order valence-corrected chi connectivity index (χ4v) is 1.66. The lowest BCUT2D eigenvalue weighted by Crippen LogP contribution is -2.48. The van der Waals surface area contributed by atoms with Crippen molar-refractivity contribution in [2.75, 3.05) is 26.3 Å². The molecule has 1 fully saturated rings. The van der Waals surface area contributed by atoms with Crippen LogP contribution in [0.4, 0.5) is 0 Å². The molecule has 1 heterocycles. The zero-order chi connectivity index (χ0) is 10.6. The van der Waals surface area contributed by atoms with Gasteiger partial charge in [0.1, 0.15) is 0 Å². The van der Waals surface area contributed by atoms with E-state index in [9.17, 15) is 9.90 Å². The Hall–Kier alpha value is -0.650. The van der Waals surface area contributed by atoms with Crippen molar-refractivity contribution in [1.29, 1.82) is 0 Å². The van der Waals surface area contributed by atoms with Gasteiger partial charge in [-0.15, -0.1) is 0 Å². The third-order valence-corrected chi connectivity index (χ3v) is 2.26. The molecule has 0 spiro atoms. The predicted molar refractivity (Wildman–Crippen MR) is 50.1 cm³/mol. The Balaban J connectivity index is 2.45. The minimum absolute atomic E-state index is 0.0761. The van der Waals surface area contributed by atoms with Crippen molar-refractivity contribution >= 4 is 5.97 Å². The highest BCUT2D eigenvalue weighted by molar-refractivity contribution is 5.67. The van der Waals surface area contributed by atoms with Crippen LogP contribution in [-0.2, 0) is 9.53 Å². The van der Waals surface area contributed by atoms with E-state index in [0.29, 0.717) is 26.3 Å². The molecule has 0 aromatic rings. The molecule has 5 nitrogen and oxygen atoms in total. The molecule has 0 bridgehead atoms. The molecule has 2 atom stereocenters. The number of hydrogen-bond donors (Lipinski definition) is 2. The Kier molecular flexibility index (Phi) is 4.31. The summed E-state index contributed by atoms with van der Waals surface area (Å²) in [6.07, 6.45) is -0.350. The molecule has 0 aromatic carbocycles. The van der Waals surface area contributed by atoms with Crippen LogP contribution >= 0.6 is 0 Å². The highest BCUT2D eigenvalue weighted by Gasteiger charge is 2.25. The minimum Gasteiger partial charge on any atom is -0.481 e. The van der Waals surface area contributed by atoms with Crippen LogP contribution < -0.4 is 0 Å². The molecule has 82 valence electrons. The first-order valence-electron chi connectivity index (χ1n) is 4.81. The summed E-state index contributed by atoms with van der Waals surface area (Å²) in [5.41, 5.74) is 0. The van der Waals surface area contributed by atoms with Gasteiger partial charge in [-0.3, -0.25) is 9.69 Å². The third kappa shape index (κ3) is 3.61. The minimum atomic E-state index is -0.823. The first-order valence-corrected chi connectivity index (χ1v) is 4.81. The van der Waals surface area contributed by atoms with Gasteiger partial charge in [-0.25, -0.2) is 0 Å². The number of aliphatic hydroxyl groups excluding tert-OH is 1. The van der Waals surface area contributed by atoms with Crippen molar-refractivity contribution in [3.63, 3.8) is 0 Å². The van der Waals surface area contributed by atoms with E-state index in [4.69, 9.17) is 9.84 Å². The number of hydrogen-bond acceptors (Lipinski definition) is 4. The van der Waals surface area contributed by atoms with Crippen LogP contribution in [0.25, 0.3) is 0 Å². The number of aliphatic carboxylic acids is 1. The van der Waals surface area contributed by atoms with Crippen molar-refractivity contribution in [1.82, 2.24) is 4.90 Å². The molecule has 1 aliphatic heterocycles. The molecule has 14 heavy (non-hydrogen) atoms. The Morgan fingerprint density at radius 2 is 2.43 bits per heavy atom. The molecular formula is C9H17NO4. The van der Waals surface area contributed by atoms with Crippen LogP contribution in [-0.4, -0.2) is 59.5 Å². The highest BCUT2D eigenvalue weighted by atomic mass is 16.5. The van der Waals surface area contributed by atoms with E-state index in [-0.39, 0.29) is 12.5 Å². The number of aliphatic hydroxyl groups is 1. The van der Waals surface area contributed by atoms with Crippen LogP contribution in [0.5, 0.6) is 0 Å². The average molecular weight is 203 g/mol. The number of rotatable bonds is 4. The SMILES string of the molecule is CC(O)CN1CCOCC1CC(=O)O. The molecule has 0 radical (unpaired) electrons. The number of β-amino-alcohol motifs (C(OH)–C–C–N with tert-alkyl or cyclic N) is 1. The maximum Gasteiger partial charge on any atom is 0.305 e. The molecule has 1 aliphatic rings. The zero-order valence-corrected chi connectivity index (χ0v) is 8.35. The number of carboxylic acid groups (broad SMARTS) is 1. The van der Waals surface area contributed by atoms with Crippen LogP contribution in [0, 0.1) is 0 Å². The number of carbonyl (C=O) groups is 1. The normalized spacial score (nSPS) is 26.0. The molecular weight excluding hydrogens is 186 g/mol. The molecule has 0 aromatic heterocycles. The van der Waals surface area contributed by atoms with Crippen molar-refractivity contribution in [3.8, 4) is 0 Å². The van der Waals surface area contributed by atoms with Gasteiger partial charge < -0.3 is 14.9 Å². The topological polar surface area (TPSA) is 70.0 Å². The van der Waals surface area contributed by atoms with E-state index >= 15 is 0 Å².